The Morgan fingerprint density at radius 3 is 2.36 bits per heavy atom. The zero-order valence-corrected chi connectivity index (χ0v) is 15.5. The minimum atomic E-state index is -0.0539. The van der Waals surface area contributed by atoms with Gasteiger partial charge in [-0.25, -0.2) is 0 Å². The molecule has 2 aliphatic rings. The summed E-state index contributed by atoms with van der Waals surface area (Å²) in [6.07, 6.45) is 7.92. The van der Waals surface area contributed by atoms with Crippen LogP contribution < -0.4 is 5.32 Å². The van der Waals surface area contributed by atoms with E-state index in [0.717, 1.165) is 50.6 Å². The highest BCUT2D eigenvalue weighted by atomic mass is 16.2. The van der Waals surface area contributed by atoms with Crippen LogP contribution in [0.3, 0.4) is 0 Å². The molecule has 5 heteroatoms. The maximum Gasteiger partial charge on any atom is 0.267 e. The SMILES string of the molecule is CC(C)C1CCC(C(=O)N2CCC(NC(=O)c3ccc[nH]3)CC2)CC1. The molecular weight excluding hydrogens is 314 g/mol. The van der Waals surface area contributed by atoms with Gasteiger partial charge in [0.05, 0.1) is 0 Å². The lowest BCUT2D eigenvalue weighted by Crippen LogP contribution is -2.48. The molecule has 1 aliphatic heterocycles. The second kappa shape index (κ2) is 8.07. The minimum absolute atomic E-state index is 0.0539. The maximum atomic E-state index is 12.8. The van der Waals surface area contributed by atoms with Crippen molar-refractivity contribution >= 4 is 11.8 Å². The van der Waals surface area contributed by atoms with E-state index in [4.69, 9.17) is 0 Å². The van der Waals surface area contributed by atoms with E-state index < -0.39 is 0 Å². The lowest BCUT2D eigenvalue weighted by atomic mass is 9.76. The van der Waals surface area contributed by atoms with Gasteiger partial charge in [-0.3, -0.25) is 9.59 Å². The standard InChI is InChI=1S/C20H31N3O2/c1-14(2)15-5-7-16(8-6-15)20(25)23-12-9-17(10-13-23)22-19(24)18-4-3-11-21-18/h3-4,11,14-17,21H,5-10,12-13H2,1-2H3,(H,22,24). The summed E-state index contributed by atoms with van der Waals surface area (Å²) in [4.78, 5) is 29.8. The Morgan fingerprint density at radius 2 is 1.80 bits per heavy atom. The summed E-state index contributed by atoms with van der Waals surface area (Å²) in [6.45, 7) is 6.11. The number of hydrogen-bond donors (Lipinski definition) is 2. The first-order valence-electron chi connectivity index (χ1n) is 9.77. The van der Waals surface area contributed by atoms with Gasteiger partial charge < -0.3 is 15.2 Å². The normalized spacial score (nSPS) is 25.2. The number of amides is 2. The summed E-state index contributed by atoms with van der Waals surface area (Å²) in [7, 11) is 0. The van der Waals surface area contributed by atoms with Gasteiger partial charge in [0.2, 0.25) is 5.91 Å². The zero-order valence-electron chi connectivity index (χ0n) is 15.5. The molecular formula is C20H31N3O2. The van der Waals surface area contributed by atoms with E-state index in [1.54, 1.807) is 12.3 Å². The van der Waals surface area contributed by atoms with Crippen molar-refractivity contribution in [2.45, 2.75) is 58.4 Å². The molecule has 0 aromatic carbocycles. The monoisotopic (exact) mass is 345 g/mol. The minimum Gasteiger partial charge on any atom is -0.357 e. The van der Waals surface area contributed by atoms with E-state index in [0.29, 0.717) is 11.6 Å². The van der Waals surface area contributed by atoms with E-state index in [2.05, 4.69) is 24.1 Å². The molecule has 1 saturated carbocycles. The Kier molecular flexibility index (Phi) is 5.82. The van der Waals surface area contributed by atoms with E-state index >= 15 is 0 Å². The van der Waals surface area contributed by atoms with Crippen LogP contribution in [0, 0.1) is 17.8 Å². The van der Waals surface area contributed by atoms with Crippen molar-refractivity contribution in [2.75, 3.05) is 13.1 Å². The molecule has 2 heterocycles. The molecule has 3 rings (SSSR count). The third-order valence-electron chi connectivity index (χ3n) is 6.05. The molecule has 0 atom stereocenters. The summed E-state index contributed by atoms with van der Waals surface area (Å²) in [5.74, 6) is 2.03. The van der Waals surface area contributed by atoms with Gasteiger partial charge in [0.15, 0.2) is 0 Å². The number of hydrogen-bond acceptors (Lipinski definition) is 2. The molecule has 25 heavy (non-hydrogen) atoms. The predicted molar refractivity (Wildman–Crippen MR) is 98.1 cm³/mol. The van der Waals surface area contributed by atoms with Gasteiger partial charge >= 0.3 is 0 Å². The maximum absolute atomic E-state index is 12.8. The molecule has 2 N–H and O–H groups in total. The number of likely N-dealkylation sites (tertiary alicyclic amines) is 1. The largest absolute Gasteiger partial charge is 0.357 e. The third kappa shape index (κ3) is 4.44. The molecule has 138 valence electrons. The van der Waals surface area contributed by atoms with Crippen molar-refractivity contribution in [3.8, 4) is 0 Å². The van der Waals surface area contributed by atoms with Crippen molar-refractivity contribution in [1.29, 1.82) is 0 Å². The van der Waals surface area contributed by atoms with Gasteiger partial charge in [-0.05, 0) is 62.5 Å². The third-order valence-corrected chi connectivity index (χ3v) is 6.05. The highest BCUT2D eigenvalue weighted by Gasteiger charge is 2.32. The van der Waals surface area contributed by atoms with Gasteiger partial charge in [0.25, 0.3) is 5.91 Å². The summed E-state index contributed by atoms with van der Waals surface area (Å²) < 4.78 is 0. The number of H-pyrrole nitrogens is 1. The van der Waals surface area contributed by atoms with E-state index in [9.17, 15) is 9.59 Å². The molecule has 2 fully saturated rings. The Morgan fingerprint density at radius 1 is 1.12 bits per heavy atom. The Bertz CT molecular complexity index is 566. The summed E-state index contributed by atoms with van der Waals surface area (Å²) in [5, 5.41) is 3.07. The lowest BCUT2D eigenvalue weighted by molar-refractivity contribution is -0.138. The summed E-state index contributed by atoms with van der Waals surface area (Å²) in [5.41, 5.74) is 0.598. The predicted octanol–water partition coefficient (Wildman–Crippen LogP) is 3.20. The van der Waals surface area contributed by atoms with Crippen LogP contribution >= 0.6 is 0 Å². The van der Waals surface area contributed by atoms with Crippen LogP contribution in [0.2, 0.25) is 0 Å². The van der Waals surface area contributed by atoms with Crippen molar-refractivity contribution in [3.05, 3.63) is 24.0 Å². The van der Waals surface area contributed by atoms with Crippen LogP contribution in [0.4, 0.5) is 0 Å². The number of piperidine rings is 1. The molecule has 0 bridgehead atoms. The summed E-state index contributed by atoms with van der Waals surface area (Å²) in [6, 6.07) is 3.77. The van der Waals surface area contributed by atoms with Crippen molar-refractivity contribution < 1.29 is 9.59 Å². The van der Waals surface area contributed by atoms with Gasteiger partial charge in [0, 0.05) is 31.2 Å². The van der Waals surface area contributed by atoms with Gasteiger partial charge in [-0.1, -0.05) is 13.8 Å². The van der Waals surface area contributed by atoms with Crippen molar-refractivity contribution in [3.63, 3.8) is 0 Å². The van der Waals surface area contributed by atoms with E-state index in [1.165, 1.54) is 12.8 Å². The van der Waals surface area contributed by atoms with E-state index in [-0.39, 0.29) is 17.9 Å². The van der Waals surface area contributed by atoms with Gasteiger partial charge in [0.1, 0.15) is 5.69 Å². The number of aromatic amines is 1. The lowest BCUT2D eigenvalue weighted by Gasteiger charge is -2.37. The first-order chi connectivity index (χ1) is 12.0. The molecule has 1 aliphatic carbocycles. The number of aromatic nitrogens is 1. The highest BCUT2D eigenvalue weighted by Crippen LogP contribution is 2.34. The zero-order chi connectivity index (χ0) is 17.8. The van der Waals surface area contributed by atoms with Crippen LogP contribution in [0.5, 0.6) is 0 Å². The molecule has 5 nitrogen and oxygen atoms in total. The van der Waals surface area contributed by atoms with Crippen LogP contribution in [0.1, 0.15) is 62.9 Å². The smallest absolute Gasteiger partial charge is 0.267 e. The number of nitrogens with zero attached hydrogens (tertiary/aromatic N) is 1. The second-order valence-electron chi connectivity index (χ2n) is 8.01. The molecule has 2 amide bonds. The Labute approximate surface area is 150 Å². The van der Waals surface area contributed by atoms with Gasteiger partial charge in [-0.15, -0.1) is 0 Å². The van der Waals surface area contributed by atoms with Crippen LogP contribution in [-0.4, -0.2) is 40.8 Å². The van der Waals surface area contributed by atoms with Crippen molar-refractivity contribution in [1.82, 2.24) is 15.2 Å². The van der Waals surface area contributed by atoms with Gasteiger partial charge in [-0.2, -0.15) is 0 Å². The van der Waals surface area contributed by atoms with Crippen LogP contribution in [0.15, 0.2) is 18.3 Å². The molecule has 1 aromatic heterocycles. The molecule has 1 saturated heterocycles. The highest BCUT2D eigenvalue weighted by molar-refractivity contribution is 5.92. The average Bonchev–Trinajstić information content (AvgIpc) is 3.17. The molecule has 1 aromatic rings. The quantitative estimate of drug-likeness (QED) is 0.880. The topological polar surface area (TPSA) is 65.2 Å². The molecule has 0 unspecified atom stereocenters. The molecule has 0 radical (unpaired) electrons. The fourth-order valence-corrected chi connectivity index (χ4v) is 4.27. The first kappa shape index (κ1) is 18.0. The number of carbonyl (C=O) groups is 2. The fraction of sp³-hybridized carbons (Fsp3) is 0.700. The van der Waals surface area contributed by atoms with Crippen LogP contribution in [-0.2, 0) is 4.79 Å². The average molecular weight is 345 g/mol. The number of carbonyl (C=O) groups excluding carboxylic acids is 2. The first-order valence-corrected chi connectivity index (χ1v) is 9.77. The second-order valence-corrected chi connectivity index (χ2v) is 8.01. The molecule has 0 spiro atoms. The van der Waals surface area contributed by atoms with E-state index in [1.807, 2.05) is 11.0 Å². The fourth-order valence-electron chi connectivity index (χ4n) is 4.27. The van der Waals surface area contributed by atoms with Crippen molar-refractivity contribution in [2.24, 2.45) is 17.8 Å². The Hall–Kier alpha value is -1.78. The Balaban J connectivity index is 1.43. The number of rotatable bonds is 4. The number of nitrogens with one attached hydrogen (secondary N) is 2. The van der Waals surface area contributed by atoms with Crippen LogP contribution in [0.25, 0.3) is 0 Å². The summed E-state index contributed by atoms with van der Waals surface area (Å²) >= 11 is 0.